The first kappa shape index (κ1) is 41.9. The largest absolute Gasteiger partial charge is 4.00 e. The minimum atomic E-state index is -2.22. The Hall–Kier alpha value is 0.651. The van der Waals surface area contributed by atoms with Crippen LogP contribution in [0.25, 0.3) is 0 Å². The fourth-order valence-corrected chi connectivity index (χ4v) is 2.59. The van der Waals surface area contributed by atoms with Crippen molar-refractivity contribution in [3.05, 3.63) is 0 Å². The molecule has 0 amide bonds. The smallest absolute Gasteiger partial charge is 0.852 e. The van der Waals surface area contributed by atoms with Gasteiger partial charge in [-0.1, -0.05) is 68.7 Å². The molecule has 0 atom stereocenters. The van der Waals surface area contributed by atoms with Crippen LogP contribution in [0.5, 0.6) is 0 Å². The minimum Gasteiger partial charge on any atom is -0.852 e. The van der Waals surface area contributed by atoms with Gasteiger partial charge < -0.3 is 33.7 Å². The average molecular weight is 448 g/mol. The van der Waals surface area contributed by atoms with E-state index in [0.29, 0.717) is 0 Å². The quantitative estimate of drug-likeness (QED) is 0.555. The van der Waals surface area contributed by atoms with Crippen molar-refractivity contribution in [1.29, 1.82) is 0 Å². The Morgan fingerprint density at radius 1 is 0.593 bits per heavy atom. The average Bonchev–Trinajstić information content (AvgIpc) is 2.42. The van der Waals surface area contributed by atoms with Crippen molar-refractivity contribution in [2.75, 3.05) is 21.3 Å². The zero-order chi connectivity index (χ0) is 22.3. The SMILES string of the molecule is CC(C)[O-].CC(C)[O-].CC(C)[O-].CC(C)[O-].CCC[Si](OC)(OC)OC.[Ti+4]. The molecule has 0 aromatic rings. The van der Waals surface area contributed by atoms with E-state index in [9.17, 15) is 20.4 Å². The molecule has 0 saturated heterocycles. The molecule has 0 aromatic heterocycles. The van der Waals surface area contributed by atoms with Gasteiger partial charge in [-0.05, 0) is 0 Å². The van der Waals surface area contributed by atoms with Crippen LogP contribution >= 0.6 is 0 Å². The van der Waals surface area contributed by atoms with E-state index < -0.39 is 33.2 Å². The van der Waals surface area contributed by atoms with Crippen LogP contribution in [0.2, 0.25) is 6.04 Å². The molecule has 166 valence electrons. The fraction of sp³-hybridized carbons (Fsp3) is 1.00. The molecule has 0 bridgehead atoms. The molecule has 0 heterocycles. The van der Waals surface area contributed by atoms with Gasteiger partial charge in [0.2, 0.25) is 0 Å². The van der Waals surface area contributed by atoms with Gasteiger partial charge >= 0.3 is 30.5 Å². The molecule has 9 heteroatoms. The van der Waals surface area contributed by atoms with Crippen LogP contribution in [0.15, 0.2) is 0 Å². The molecule has 0 aromatic carbocycles. The van der Waals surface area contributed by atoms with Crippen LogP contribution in [-0.4, -0.2) is 54.5 Å². The molecular weight excluding hydrogens is 404 g/mol. The van der Waals surface area contributed by atoms with Crippen molar-refractivity contribution in [3.8, 4) is 0 Å². The number of hydrogen-bond donors (Lipinski definition) is 0. The van der Waals surface area contributed by atoms with Crippen molar-refractivity contribution in [3.63, 3.8) is 0 Å². The van der Waals surface area contributed by atoms with E-state index in [0.717, 1.165) is 12.5 Å². The van der Waals surface area contributed by atoms with E-state index in [1.807, 2.05) is 0 Å². The van der Waals surface area contributed by atoms with E-state index in [4.69, 9.17) is 13.3 Å². The Morgan fingerprint density at radius 2 is 0.741 bits per heavy atom. The third-order valence-electron chi connectivity index (χ3n) is 1.49. The van der Waals surface area contributed by atoms with E-state index in [1.165, 1.54) is 0 Å². The first-order valence-corrected chi connectivity index (χ1v) is 10.9. The van der Waals surface area contributed by atoms with E-state index in [1.54, 1.807) is 76.7 Å². The Balaban J connectivity index is -0.0000000552. The minimum absolute atomic E-state index is 0. The molecule has 0 rings (SSSR count). The van der Waals surface area contributed by atoms with Crippen molar-refractivity contribution in [2.24, 2.45) is 0 Å². The summed E-state index contributed by atoms with van der Waals surface area (Å²) in [5, 5.41) is 38.1. The fourth-order valence-electron chi connectivity index (χ4n) is 0.862. The van der Waals surface area contributed by atoms with Gasteiger partial charge in [0.05, 0.1) is 0 Å². The normalized spacial score (nSPS) is 9.78. The standard InChI is InChI=1S/C6H16O3Si.4C3H7O.Ti/c1-5-6-10(7-2,8-3)9-4;4*1-3(2)4;/h5-6H2,1-4H3;4*3H,1-2H3;/q;4*-1;+4. The van der Waals surface area contributed by atoms with Crippen LogP contribution in [0.4, 0.5) is 0 Å². The van der Waals surface area contributed by atoms with Gasteiger partial charge in [0.1, 0.15) is 0 Å². The Bertz CT molecular complexity index is 184. The second kappa shape index (κ2) is 31.3. The summed E-state index contributed by atoms with van der Waals surface area (Å²) in [6.07, 6.45) is -0.637. The summed E-state index contributed by atoms with van der Waals surface area (Å²) in [6.45, 7) is 15.0. The van der Waals surface area contributed by atoms with Gasteiger partial charge in [0, 0.05) is 27.4 Å². The molecule has 0 aliphatic carbocycles. The van der Waals surface area contributed by atoms with E-state index in [-0.39, 0.29) is 21.7 Å². The van der Waals surface area contributed by atoms with Gasteiger partial charge in [-0.15, -0.1) is 24.4 Å². The maximum atomic E-state index is 9.53. The summed E-state index contributed by atoms with van der Waals surface area (Å²) in [5.74, 6) is 0. The Labute approximate surface area is 184 Å². The molecule has 0 unspecified atom stereocenters. The van der Waals surface area contributed by atoms with Gasteiger partial charge in [-0.3, -0.25) is 0 Å². The van der Waals surface area contributed by atoms with Crippen LogP contribution in [-0.2, 0) is 35.0 Å². The Morgan fingerprint density at radius 3 is 0.778 bits per heavy atom. The summed E-state index contributed by atoms with van der Waals surface area (Å²) in [5.41, 5.74) is 0. The maximum Gasteiger partial charge on any atom is 4.00 e. The predicted octanol–water partition coefficient (Wildman–Crippen LogP) is 0.292. The van der Waals surface area contributed by atoms with E-state index >= 15 is 0 Å². The summed E-state index contributed by atoms with van der Waals surface area (Å²) in [7, 11) is 2.68. The summed E-state index contributed by atoms with van der Waals surface area (Å²) < 4.78 is 15.5. The zero-order valence-electron chi connectivity index (χ0n) is 19.6. The molecule has 0 spiro atoms. The predicted molar refractivity (Wildman–Crippen MR) is 102 cm³/mol. The summed E-state index contributed by atoms with van der Waals surface area (Å²) >= 11 is 0. The molecule has 0 fully saturated rings. The summed E-state index contributed by atoms with van der Waals surface area (Å²) in [4.78, 5) is 0. The van der Waals surface area contributed by atoms with Gasteiger partial charge in [-0.2, -0.15) is 0 Å². The van der Waals surface area contributed by atoms with Crippen LogP contribution in [0, 0.1) is 0 Å². The number of hydrogen-bond acceptors (Lipinski definition) is 7. The van der Waals surface area contributed by atoms with Gasteiger partial charge in [-0.25, -0.2) is 0 Å². The summed E-state index contributed by atoms with van der Waals surface area (Å²) in [6, 6.07) is 0.885. The molecular formula is C18H44O7SiTi. The first-order chi connectivity index (χ1) is 11.7. The third-order valence-corrected chi connectivity index (χ3v) is 4.47. The molecule has 0 N–H and O–H groups in total. The zero-order valence-corrected chi connectivity index (χ0v) is 22.1. The molecule has 0 saturated carbocycles. The van der Waals surface area contributed by atoms with E-state index in [2.05, 4.69) is 6.92 Å². The first-order valence-electron chi connectivity index (χ1n) is 8.96. The van der Waals surface area contributed by atoms with Crippen molar-refractivity contribution in [2.45, 2.75) is 99.2 Å². The molecule has 0 aliphatic heterocycles. The Kier molecular flexibility index (Phi) is 48.6. The second-order valence-electron chi connectivity index (χ2n) is 6.24. The molecule has 7 nitrogen and oxygen atoms in total. The van der Waals surface area contributed by atoms with Crippen LogP contribution < -0.4 is 20.4 Å². The van der Waals surface area contributed by atoms with Crippen molar-refractivity contribution >= 4 is 8.80 Å². The van der Waals surface area contributed by atoms with Gasteiger partial charge in [0.25, 0.3) is 0 Å². The molecule has 0 aliphatic rings. The van der Waals surface area contributed by atoms with Crippen LogP contribution in [0.3, 0.4) is 0 Å². The van der Waals surface area contributed by atoms with Crippen molar-refractivity contribution in [1.82, 2.24) is 0 Å². The second-order valence-corrected chi connectivity index (χ2v) is 9.33. The monoisotopic (exact) mass is 448 g/mol. The molecule has 0 radical (unpaired) electrons. The van der Waals surface area contributed by atoms with Gasteiger partial charge in [0.15, 0.2) is 0 Å². The maximum absolute atomic E-state index is 9.53. The topological polar surface area (TPSA) is 120 Å². The van der Waals surface area contributed by atoms with Crippen molar-refractivity contribution < 1.29 is 55.4 Å². The van der Waals surface area contributed by atoms with Crippen LogP contribution in [0.1, 0.15) is 68.7 Å². The number of rotatable bonds is 5. The third kappa shape index (κ3) is 86.9. The molecule has 27 heavy (non-hydrogen) atoms.